The molecule has 0 heterocycles. The summed E-state index contributed by atoms with van der Waals surface area (Å²) in [6.45, 7) is 4.05. The normalized spacial score (nSPS) is 11.1. The second-order valence-electron chi connectivity index (χ2n) is 5.39. The van der Waals surface area contributed by atoms with Gasteiger partial charge in [0.2, 0.25) is 0 Å². The first-order chi connectivity index (χ1) is 13.0. The van der Waals surface area contributed by atoms with Gasteiger partial charge in [-0.2, -0.15) is 5.10 Å². The fourth-order valence-corrected chi connectivity index (χ4v) is 2.02. The standard InChI is InChI=1S/C18H19BN4O4/c1-14(20-21-17-10-6-4-7-11-17)22-23(18-12-8-5-9-13-18)19(26-15(2)24)27-16(3)25/h4-13H,1-3H3. The van der Waals surface area contributed by atoms with E-state index in [0.29, 0.717) is 11.4 Å². The number of hydrogen-bond acceptors (Lipinski definition) is 7. The van der Waals surface area contributed by atoms with Gasteiger partial charge >= 0.3 is 7.25 Å². The number of carbonyl (C=O) groups is 2. The lowest BCUT2D eigenvalue weighted by atomic mass is 10.1. The molecule has 0 radical (unpaired) electrons. The van der Waals surface area contributed by atoms with Gasteiger partial charge in [-0.1, -0.05) is 36.4 Å². The molecule has 0 aliphatic carbocycles. The minimum absolute atomic E-state index is 0.270. The molecule has 0 unspecified atom stereocenters. The van der Waals surface area contributed by atoms with Gasteiger partial charge in [0, 0.05) is 13.8 Å². The molecule has 0 saturated heterocycles. The summed E-state index contributed by atoms with van der Waals surface area (Å²) >= 11 is 0. The Hall–Kier alpha value is -3.49. The Bertz CT molecular complexity index is 812. The van der Waals surface area contributed by atoms with Gasteiger partial charge in [0.1, 0.15) is 0 Å². The van der Waals surface area contributed by atoms with Crippen LogP contribution in [0, 0.1) is 0 Å². The Morgan fingerprint density at radius 2 is 1.37 bits per heavy atom. The number of azo groups is 1. The van der Waals surface area contributed by atoms with Gasteiger partial charge in [-0.05, 0) is 31.2 Å². The first-order valence-corrected chi connectivity index (χ1v) is 8.16. The summed E-state index contributed by atoms with van der Waals surface area (Å²) in [5, 5.41) is 12.4. The smallest absolute Gasteiger partial charge is 0.479 e. The van der Waals surface area contributed by atoms with Crippen LogP contribution in [-0.2, 0) is 18.9 Å². The molecule has 0 saturated carbocycles. The van der Waals surface area contributed by atoms with Crippen molar-refractivity contribution >= 4 is 36.4 Å². The highest BCUT2D eigenvalue weighted by Crippen LogP contribution is 2.18. The van der Waals surface area contributed by atoms with E-state index in [1.54, 1.807) is 43.3 Å². The number of carbonyl (C=O) groups excluding carboxylic acids is 2. The maximum Gasteiger partial charge on any atom is 0.764 e. The highest BCUT2D eigenvalue weighted by Gasteiger charge is 2.37. The monoisotopic (exact) mass is 366 g/mol. The Balaban J connectivity index is 2.34. The molecule has 0 aromatic heterocycles. The predicted molar refractivity (Wildman–Crippen MR) is 102 cm³/mol. The quantitative estimate of drug-likeness (QED) is 0.255. The van der Waals surface area contributed by atoms with Crippen LogP contribution >= 0.6 is 0 Å². The molecule has 2 aromatic carbocycles. The van der Waals surface area contributed by atoms with E-state index in [2.05, 4.69) is 15.3 Å². The zero-order chi connectivity index (χ0) is 19.6. The van der Waals surface area contributed by atoms with Crippen LogP contribution in [0.4, 0.5) is 11.4 Å². The summed E-state index contributed by atoms with van der Waals surface area (Å²) in [7, 11) is -1.37. The van der Waals surface area contributed by atoms with Crippen molar-refractivity contribution in [2.75, 3.05) is 4.92 Å². The summed E-state index contributed by atoms with van der Waals surface area (Å²) in [5.74, 6) is -0.978. The Kier molecular flexibility index (Phi) is 7.24. The molecule has 0 amide bonds. The number of rotatable bonds is 6. The number of para-hydroxylation sites is 1. The molecule has 0 aliphatic rings. The summed E-state index contributed by atoms with van der Waals surface area (Å²) in [4.78, 5) is 24.1. The maximum atomic E-state index is 11.4. The van der Waals surface area contributed by atoms with Gasteiger partial charge in [0.25, 0.3) is 11.9 Å². The maximum absolute atomic E-state index is 11.4. The van der Waals surface area contributed by atoms with Crippen LogP contribution in [0.2, 0.25) is 0 Å². The first kappa shape index (κ1) is 19.8. The molecule has 2 aromatic rings. The second kappa shape index (κ2) is 9.86. The van der Waals surface area contributed by atoms with Crippen LogP contribution in [-0.4, -0.2) is 25.0 Å². The summed E-state index contributed by atoms with van der Waals surface area (Å²) in [6, 6.07) is 18.0. The number of nitrogens with zero attached hydrogens (tertiary/aromatic N) is 4. The number of hydrogen-bond donors (Lipinski definition) is 0. The average molecular weight is 366 g/mol. The lowest BCUT2D eigenvalue weighted by Gasteiger charge is -2.23. The highest BCUT2D eigenvalue weighted by atomic mass is 16.7. The van der Waals surface area contributed by atoms with E-state index in [4.69, 9.17) is 9.31 Å². The lowest BCUT2D eigenvalue weighted by Crippen LogP contribution is -2.44. The van der Waals surface area contributed by atoms with E-state index in [1.807, 2.05) is 24.3 Å². The Morgan fingerprint density at radius 3 is 1.89 bits per heavy atom. The van der Waals surface area contributed by atoms with E-state index in [1.165, 1.54) is 18.8 Å². The summed E-state index contributed by atoms with van der Waals surface area (Å²) in [6.07, 6.45) is 0. The molecule has 0 bridgehead atoms. The third kappa shape index (κ3) is 6.73. The van der Waals surface area contributed by atoms with Crippen molar-refractivity contribution in [2.45, 2.75) is 20.8 Å². The molecule has 0 fully saturated rings. The molecule has 138 valence electrons. The molecule has 9 heteroatoms. The molecule has 0 spiro atoms. The molecule has 27 heavy (non-hydrogen) atoms. The second-order valence-corrected chi connectivity index (χ2v) is 5.39. The number of hydrazone groups is 1. The van der Waals surface area contributed by atoms with Crippen molar-refractivity contribution in [1.29, 1.82) is 0 Å². The van der Waals surface area contributed by atoms with Crippen molar-refractivity contribution in [2.24, 2.45) is 15.3 Å². The van der Waals surface area contributed by atoms with Gasteiger partial charge in [0.15, 0.2) is 5.84 Å². The van der Waals surface area contributed by atoms with Crippen LogP contribution < -0.4 is 4.92 Å². The fourth-order valence-electron chi connectivity index (χ4n) is 2.02. The SMILES string of the molecule is CC(=O)OB(OC(C)=O)N(N=C(C)N=Nc1ccccc1)c1ccccc1. The van der Waals surface area contributed by atoms with Gasteiger partial charge in [0.05, 0.1) is 11.4 Å². The number of amidine groups is 1. The topological polar surface area (TPSA) is 92.9 Å². The van der Waals surface area contributed by atoms with E-state index >= 15 is 0 Å². The van der Waals surface area contributed by atoms with Crippen LogP contribution in [0.15, 0.2) is 76.0 Å². The van der Waals surface area contributed by atoms with E-state index < -0.39 is 19.2 Å². The van der Waals surface area contributed by atoms with Crippen molar-refractivity contribution in [1.82, 2.24) is 0 Å². The van der Waals surface area contributed by atoms with Gasteiger partial charge in [-0.25, -0.2) is 4.92 Å². The van der Waals surface area contributed by atoms with E-state index in [0.717, 1.165) is 0 Å². The largest absolute Gasteiger partial charge is 0.764 e. The molecular weight excluding hydrogens is 347 g/mol. The third-order valence-corrected chi connectivity index (χ3v) is 3.07. The lowest BCUT2D eigenvalue weighted by molar-refractivity contribution is -0.137. The third-order valence-electron chi connectivity index (χ3n) is 3.07. The summed E-state index contributed by atoms with van der Waals surface area (Å²) in [5.41, 5.74) is 1.20. The molecule has 0 N–H and O–H groups in total. The predicted octanol–water partition coefficient (Wildman–Crippen LogP) is 3.72. The molecular formula is C18H19BN4O4. The number of anilines is 1. The van der Waals surface area contributed by atoms with Crippen LogP contribution in [0.5, 0.6) is 0 Å². The van der Waals surface area contributed by atoms with Gasteiger partial charge < -0.3 is 9.31 Å². The van der Waals surface area contributed by atoms with Crippen LogP contribution in [0.25, 0.3) is 0 Å². The fraction of sp³-hybridized carbons (Fsp3) is 0.167. The number of benzene rings is 2. The average Bonchev–Trinajstić information content (AvgIpc) is 2.65. The van der Waals surface area contributed by atoms with Crippen molar-refractivity contribution in [3.63, 3.8) is 0 Å². The van der Waals surface area contributed by atoms with Gasteiger partial charge in [-0.3, -0.25) is 9.59 Å². The van der Waals surface area contributed by atoms with E-state index in [-0.39, 0.29) is 5.84 Å². The van der Waals surface area contributed by atoms with Crippen molar-refractivity contribution in [3.8, 4) is 0 Å². The Morgan fingerprint density at radius 1 is 0.852 bits per heavy atom. The minimum atomic E-state index is -1.37. The first-order valence-electron chi connectivity index (χ1n) is 8.16. The minimum Gasteiger partial charge on any atom is -0.479 e. The van der Waals surface area contributed by atoms with Crippen LogP contribution in [0.1, 0.15) is 20.8 Å². The van der Waals surface area contributed by atoms with Crippen molar-refractivity contribution < 1.29 is 18.9 Å². The van der Waals surface area contributed by atoms with E-state index in [9.17, 15) is 9.59 Å². The highest BCUT2D eigenvalue weighted by molar-refractivity contribution is 6.53. The molecule has 0 aliphatic heterocycles. The van der Waals surface area contributed by atoms with Crippen LogP contribution in [0.3, 0.4) is 0 Å². The molecule has 0 atom stereocenters. The zero-order valence-corrected chi connectivity index (χ0v) is 15.3. The van der Waals surface area contributed by atoms with Crippen molar-refractivity contribution in [3.05, 3.63) is 60.7 Å². The molecule has 2 rings (SSSR count). The summed E-state index contributed by atoms with van der Waals surface area (Å²) < 4.78 is 10.2. The Labute approximate surface area is 157 Å². The van der Waals surface area contributed by atoms with Gasteiger partial charge in [-0.15, -0.1) is 10.2 Å². The molecule has 8 nitrogen and oxygen atoms in total. The zero-order valence-electron chi connectivity index (χ0n) is 15.3.